The number of nitrogens with one attached hydrogen (secondary N) is 1. The molecule has 1 N–H and O–H groups in total. The second-order valence-corrected chi connectivity index (χ2v) is 4.20. The SMILES string of the molecule is CNC(Cc1cn(C)nn1)CC(C)C. The molecule has 0 saturated carbocycles. The van der Waals surface area contributed by atoms with Gasteiger partial charge in [-0.2, -0.15) is 0 Å². The summed E-state index contributed by atoms with van der Waals surface area (Å²) >= 11 is 0. The third kappa shape index (κ3) is 3.46. The Balaban J connectivity index is 2.48. The highest BCUT2D eigenvalue weighted by molar-refractivity contribution is 4.95. The van der Waals surface area contributed by atoms with Crippen LogP contribution in [0.5, 0.6) is 0 Å². The summed E-state index contributed by atoms with van der Waals surface area (Å²) in [5, 5.41) is 11.3. The molecular formula is C10H20N4. The normalized spacial score (nSPS) is 13.5. The molecule has 14 heavy (non-hydrogen) atoms. The Bertz CT molecular complexity index is 267. The number of hydrogen-bond donors (Lipinski definition) is 1. The average Bonchev–Trinajstić information content (AvgIpc) is 2.49. The molecule has 0 fully saturated rings. The van der Waals surface area contributed by atoms with Crippen molar-refractivity contribution in [3.63, 3.8) is 0 Å². The van der Waals surface area contributed by atoms with E-state index >= 15 is 0 Å². The maximum absolute atomic E-state index is 4.08. The number of likely N-dealkylation sites (N-methyl/N-ethyl adjacent to an activating group) is 1. The standard InChI is InChI=1S/C10H20N4/c1-8(2)5-9(11-3)6-10-7-14(4)13-12-10/h7-9,11H,5-6H2,1-4H3. The Kier molecular flexibility index (Phi) is 4.07. The molecule has 1 aromatic rings. The zero-order chi connectivity index (χ0) is 10.6. The van der Waals surface area contributed by atoms with Gasteiger partial charge in [-0.3, -0.25) is 4.68 Å². The second-order valence-electron chi connectivity index (χ2n) is 4.20. The monoisotopic (exact) mass is 196 g/mol. The van der Waals surface area contributed by atoms with Crippen molar-refractivity contribution in [2.45, 2.75) is 32.7 Å². The van der Waals surface area contributed by atoms with Crippen molar-refractivity contribution in [3.8, 4) is 0 Å². The van der Waals surface area contributed by atoms with E-state index in [0.29, 0.717) is 12.0 Å². The van der Waals surface area contributed by atoms with Gasteiger partial charge < -0.3 is 5.32 Å². The van der Waals surface area contributed by atoms with Gasteiger partial charge in [0.2, 0.25) is 0 Å². The molecule has 0 saturated heterocycles. The highest BCUT2D eigenvalue weighted by Gasteiger charge is 2.11. The molecule has 4 nitrogen and oxygen atoms in total. The number of aryl methyl sites for hydroxylation is 1. The van der Waals surface area contributed by atoms with Crippen molar-refractivity contribution in [2.75, 3.05) is 7.05 Å². The maximum atomic E-state index is 4.08. The minimum atomic E-state index is 0.506. The Morgan fingerprint density at radius 2 is 2.21 bits per heavy atom. The Morgan fingerprint density at radius 3 is 2.64 bits per heavy atom. The third-order valence-electron chi connectivity index (χ3n) is 2.27. The first kappa shape index (κ1) is 11.2. The highest BCUT2D eigenvalue weighted by atomic mass is 15.4. The molecule has 0 radical (unpaired) electrons. The van der Waals surface area contributed by atoms with Gasteiger partial charge in [-0.1, -0.05) is 19.1 Å². The predicted molar refractivity (Wildman–Crippen MR) is 57.0 cm³/mol. The summed E-state index contributed by atoms with van der Waals surface area (Å²) < 4.78 is 1.75. The van der Waals surface area contributed by atoms with Gasteiger partial charge in [-0.05, 0) is 19.4 Å². The fraction of sp³-hybridized carbons (Fsp3) is 0.800. The molecule has 0 aliphatic carbocycles. The first-order chi connectivity index (χ1) is 6.61. The summed E-state index contributed by atoms with van der Waals surface area (Å²) in [6.07, 6.45) is 4.11. The minimum absolute atomic E-state index is 0.506. The van der Waals surface area contributed by atoms with E-state index in [1.807, 2.05) is 20.3 Å². The maximum Gasteiger partial charge on any atom is 0.0842 e. The number of aromatic nitrogens is 3. The summed E-state index contributed by atoms with van der Waals surface area (Å²) in [4.78, 5) is 0. The Morgan fingerprint density at radius 1 is 1.50 bits per heavy atom. The smallest absolute Gasteiger partial charge is 0.0842 e. The van der Waals surface area contributed by atoms with Crippen LogP contribution >= 0.6 is 0 Å². The molecule has 1 rings (SSSR count). The van der Waals surface area contributed by atoms with E-state index < -0.39 is 0 Å². The summed E-state index contributed by atoms with van der Waals surface area (Å²) in [5.41, 5.74) is 1.06. The van der Waals surface area contributed by atoms with Gasteiger partial charge in [0, 0.05) is 25.7 Å². The molecule has 0 bridgehead atoms. The van der Waals surface area contributed by atoms with Crippen LogP contribution in [0.15, 0.2) is 6.20 Å². The first-order valence-corrected chi connectivity index (χ1v) is 5.14. The third-order valence-corrected chi connectivity index (χ3v) is 2.27. The zero-order valence-corrected chi connectivity index (χ0v) is 9.49. The van der Waals surface area contributed by atoms with Crippen LogP contribution in [-0.4, -0.2) is 28.1 Å². The van der Waals surface area contributed by atoms with Gasteiger partial charge in [0.05, 0.1) is 5.69 Å². The highest BCUT2D eigenvalue weighted by Crippen LogP contribution is 2.08. The van der Waals surface area contributed by atoms with Crippen molar-refractivity contribution >= 4 is 0 Å². The van der Waals surface area contributed by atoms with Crippen LogP contribution in [0, 0.1) is 5.92 Å². The van der Waals surface area contributed by atoms with E-state index in [2.05, 4.69) is 29.5 Å². The lowest BCUT2D eigenvalue weighted by Crippen LogP contribution is -2.29. The number of nitrogens with zero attached hydrogens (tertiary/aromatic N) is 3. The van der Waals surface area contributed by atoms with E-state index in [-0.39, 0.29) is 0 Å². The lowest BCUT2D eigenvalue weighted by molar-refractivity contribution is 0.438. The summed E-state index contributed by atoms with van der Waals surface area (Å²) in [7, 11) is 3.90. The van der Waals surface area contributed by atoms with Crippen molar-refractivity contribution in [1.82, 2.24) is 20.3 Å². The molecule has 80 valence electrons. The summed E-state index contributed by atoms with van der Waals surface area (Å²) in [6, 6.07) is 0.506. The van der Waals surface area contributed by atoms with Gasteiger partial charge in [-0.15, -0.1) is 5.10 Å². The molecule has 0 aliphatic rings. The minimum Gasteiger partial charge on any atom is -0.317 e. The van der Waals surface area contributed by atoms with E-state index in [0.717, 1.165) is 12.1 Å². The molecule has 1 heterocycles. The molecule has 1 aromatic heterocycles. The zero-order valence-electron chi connectivity index (χ0n) is 9.49. The van der Waals surface area contributed by atoms with Gasteiger partial charge >= 0.3 is 0 Å². The fourth-order valence-electron chi connectivity index (χ4n) is 1.61. The van der Waals surface area contributed by atoms with Gasteiger partial charge in [0.15, 0.2) is 0 Å². The lowest BCUT2D eigenvalue weighted by Gasteiger charge is -2.16. The van der Waals surface area contributed by atoms with Crippen molar-refractivity contribution < 1.29 is 0 Å². The fourth-order valence-corrected chi connectivity index (χ4v) is 1.61. The molecule has 4 heteroatoms. The summed E-state index contributed by atoms with van der Waals surface area (Å²) in [6.45, 7) is 4.47. The van der Waals surface area contributed by atoms with Crippen molar-refractivity contribution in [2.24, 2.45) is 13.0 Å². The lowest BCUT2D eigenvalue weighted by atomic mass is 10.0. The van der Waals surface area contributed by atoms with Gasteiger partial charge in [-0.25, -0.2) is 0 Å². The van der Waals surface area contributed by atoms with Crippen LogP contribution < -0.4 is 5.32 Å². The molecular weight excluding hydrogens is 176 g/mol. The van der Waals surface area contributed by atoms with Gasteiger partial charge in [0.1, 0.15) is 0 Å². The van der Waals surface area contributed by atoms with E-state index in [1.54, 1.807) is 4.68 Å². The molecule has 0 aromatic carbocycles. The molecule has 0 spiro atoms. The topological polar surface area (TPSA) is 42.7 Å². The number of rotatable bonds is 5. The van der Waals surface area contributed by atoms with E-state index in [4.69, 9.17) is 0 Å². The van der Waals surface area contributed by atoms with E-state index in [9.17, 15) is 0 Å². The Labute approximate surface area is 85.7 Å². The van der Waals surface area contributed by atoms with Gasteiger partial charge in [0.25, 0.3) is 0 Å². The van der Waals surface area contributed by atoms with Crippen LogP contribution in [0.1, 0.15) is 26.0 Å². The second kappa shape index (κ2) is 5.10. The van der Waals surface area contributed by atoms with Crippen LogP contribution in [0.3, 0.4) is 0 Å². The Hall–Kier alpha value is -0.900. The average molecular weight is 196 g/mol. The molecule has 1 atom stereocenters. The molecule has 0 aliphatic heterocycles. The quantitative estimate of drug-likeness (QED) is 0.763. The molecule has 0 amide bonds. The van der Waals surface area contributed by atoms with E-state index in [1.165, 1.54) is 6.42 Å². The van der Waals surface area contributed by atoms with Crippen LogP contribution in [0.25, 0.3) is 0 Å². The molecule has 1 unspecified atom stereocenters. The predicted octanol–water partition coefficient (Wildman–Crippen LogP) is 0.992. The van der Waals surface area contributed by atoms with Crippen molar-refractivity contribution in [1.29, 1.82) is 0 Å². The van der Waals surface area contributed by atoms with Crippen LogP contribution in [-0.2, 0) is 13.5 Å². The summed E-state index contributed by atoms with van der Waals surface area (Å²) in [5.74, 6) is 0.712. The largest absolute Gasteiger partial charge is 0.317 e. The van der Waals surface area contributed by atoms with Crippen molar-refractivity contribution in [3.05, 3.63) is 11.9 Å². The first-order valence-electron chi connectivity index (χ1n) is 5.14. The van der Waals surface area contributed by atoms with Crippen LogP contribution in [0.2, 0.25) is 0 Å². The van der Waals surface area contributed by atoms with Crippen LogP contribution in [0.4, 0.5) is 0 Å². The number of hydrogen-bond acceptors (Lipinski definition) is 3.